The number of fused-ring (bicyclic) bond motifs is 1. The van der Waals surface area contributed by atoms with Crippen LogP contribution < -0.4 is 11.4 Å². The number of aromatic nitrogens is 2. The molecular weight excluding hydrogens is 244 g/mol. The summed E-state index contributed by atoms with van der Waals surface area (Å²) in [6.07, 6.45) is 0.333. The van der Waals surface area contributed by atoms with Gasteiger partial charge in [-0.3, -0.25) is 4.79 Å². The molecule has 0 aliphatic heterocycles. The highest BCUT2D eigenvalue weighted by atomic mass is 16.2. The van der Waals surface area contributed by atoms with Crippen LogP contribution in [0.1, 0.15) is 18.9 Å². The van der Waals surface area contributed by atoms with Gasteiger partial charge in [0.15, 0.2) is 0 Å². The number of nitrogens with one attached hydrogen (secondary N) is 2. The Hall–Kier alpha value is -2.08. The number of nitrogens with two attached hydrogens (primary N) is 1. The summed E-state index contributed by atoms with van der Waals surface area (Å²) < 4.78 is 0. The van der Waals surface area contributed by atoms with E-state index in [4.69, 9.17) is 5.73 Å². The van der Waals surface area contributed by atoms with Crippen molar-refractivity contribution < 1.29 is 4.79 Å². The lowest BCUT2D eigenvalue weighted by Crippen LogP contribution is -2.31. The molecule has 1 amide bonds. The lowest BCUT2D eigenvalue weighted by Gasteiger charge is -2.18. The molecule has 0 bridgehead atoms. The molecule has 1 atom stereocenters. The summed E-state index contributed by atoms with van der Waals surface area (Å²) in [7, 11) is 1.74. The molecule has 0 saturated carbocycles. The quantitative estimate of drug-likeness (QED) is 0.751. The highest BCUT2D eigenvalue weighted by molar-refractivity contribution is 5.77. The number of amides is 1. The summed E-state index contributed by atoms with van der Waals surface area (Å²) in [5.74, 6) is 0.0117. The SMILES string of the molecule is CC(N)CC(=O)N(C)Cc1ccc2[nH]c(=O)[nH]c2c1. The van der Waals surface area contributed by atoms with Crippen molar-refractivity contribution in [3.05, 3.63) is 34.2 Å². The van der Waals surface area contributed by atoms with E-state index in [0.29, 0.717) is 13.0 Å². The molecule has 6 nitrogen and oxygen atoms in total. The number of imidazole rings is 1. The highest BCUT2D eigenvalue weighted by Gasteiger charge is 2.11. The maximum Gasteiger partial charge on any atom is 0.323 e. The van der Waals surface area contributed by atoms with Crippen molar-refractivity contribution in [1.82, 2.24) is 14.9 Å². The van der Waals surface area contributed by atoms with Gasteiger partial charge in [-0.1, -0.05) is 6.07 Å². The van der Waals surface area contributed by atoms with Crippen LogP contribution in [0.4, 0.5) is 0 Å². The fourth-order valence-electron chi connectivity index (χ4n) is 1.97. The smallest absolute Gasteiger partial charge is 0.323 e. The van der Waals surface area contributed by atoms with Gasteiger partial charge in [0.1, 0.15) is 0 Å². The standard InChI is InChI=1S/C13H18N4O2/c1-8(14)5-12(18)17(2)7-9-3-4-10-11(6-9)16-13(19)15-10/h3-4,6,8H,5,7,14H2,1-2H3,(H2,15,16,19). The molecule has 1 unspecified atom stereocenters. The van der Waals surface area contributed by atoms with Crippen molar-refractivity contribution >= 4 is 16.9 Å². The van der Waals surface area contributed by atoms with Crippen molar-refractivity contribution in [3.8, 4) is 0 Å². The van der Waals surface area contributed by atoms with Gasteiger partial charge in [-0.2, -0.15) is 0 Å². The molecule has 1 aromatic carbocycles. The Morgan fingerprint density at radius 2 is 2.05 bits per heavy atom. The van der Waals surface area contributed by atoms with Crippen LogP contribution in [0.25, 0.3) is 11.0 Å². The van der Waals surface area contributed by atoms with Crippen molar-refractivity contribution in [2.75, 3.05) is 7.05 Å². The summed E-state index contributed by atoms with van der Waals surface area (Å²) in [5, 5.41) is 0. The zero-order chi connectivity index (χ0) is 14.0. The molecule has 0 fully saturated rings. The lowest BCUT2D eigenvalue weighted by atomic mass is 10.1. The molecule has 0 spiro atoms. The molecule has 6 heteroatoms. The Labute approximate surface area is 110 Å². The zero-order valence-electron chi connectivity index (χ0n) is 11.1. The Morgan fingerprint density at radius 3 is 2.74 bits per heavy atom. The van der Waals surface area contributed by atoms with Gasteiger partial charge in [0.25, 0.3) is 0 Å². The predicted octanol–water partition coefficient (Wildman–Crippen LogP) is 0.552. The van der Waals surface area contributed by atoms with Crippen LogP contribution in [0.5, 0.6) is 0 Å². The Bertz CT molecular complexity index is 641. The molecule has 19 heavy (non-hydrogen) atoms. The highest BCUT2D eigenvalue weighted by Crippen LogP contribution is 2.12. The summed E-state index contributed by atoms with van der Waals surface area (Å²) >= 11 is 0. The van der Waals surface area contributed by atoms with Crippen LogP contribution in [0.15, 0.2) is 23.0 Å². The predicted molar refractivity (Wildman–Crippen MR) is 73.7 cm³/mol. The van der Waals surface area contributed by atoms with Crippen LogP contribution >= 0.6 is 0 Å². The van der Waals surface area contributed by atoms with E-state index in [9.17, 15) is 9.59 Å². The van der Waals surface area contributed by atoms with Crippen molar-refractivity contribution in [2.45, 2.75) is 25.9 Å². The van der Waals surface area contributed by atoms with Crippen molar-refractivity contribution in [1.29, 1.82) is 0 Å². The molecule has 2 aromatic rings. The van der Waals surface area contributed by atoms with Gasteiger partial charge in [0.2, 0.25) is 5.91 Å². The van der Waals surface area contributed by atoms with Crippen LogP contribution in [-0.4, -0.2) is 33.9 Å². The number of hydrogen-bond acceptors (Lipinski definition) is 3. The first-order valence-corrected chi connectivity index (χ1v) is 6.16. The molecule has 1 heterocycles. The van der Waals surface area contributed by atoms with Crippen molar-refractivity contribution in [2.24, 2.45) is 5.73 Å². The fraction of sp³-hybridized carbons (Fsp3) is 0.385. The van der Waals surface area contributed by atoms with E-state index in [2.05, 4.69) is 9.97 Å². The molecule has 102 valence electrons. The number of nitrogens with zero attached hydrogens (tertiary/aromatic N) is 1. The molecule has 0 aliphatic rings. The van der Waals surface area contributed by atoms with E-state index < -0.39 is 0 Å². The molecule has 0 saturated heterocycles. The van der Waals surface area contributed by atoms with Gasteiger partial charge in [-0.05, 0) is 24.6 Å². The summed E-state index contributed by atoms with van der Waals surface area (Å²) in [5.41, 5.74) is 7.85. The lowest BCUT2D eigenvalue weighted by molar-refractivity contribution is -0.130. The van der Waals surface area contributed by atoms with E-state index in [1.165, 1.54) is 0 Å². The number of benzene rings is 1. The normalized spacial score (nSPS) is 12.6. The summed E-state index contributed by atoms with van der Waals surface area (Å²) in [4.78, 5) is 30.0. The van der Waals surface area contributed by atoms with Crippen LogP contribution in [0, 0.1) is 0 Å². The monoisotopic (exact) mass is 262 g/mol. The van der Waals surface area contributed by atoms with Gasteiger partial charge in [0, 0.05) is 26.1 Å². The van der Waals surface area contributed by atoms with Gasteiger partial charge in [-0.15, -0.1) is 0 Å². The fourth-order valence-corrected chi connectivity index (χ4v) is 1.97. The Balaban J connectivity index is 2.12. The minimum Gasteiger partial charge on any atom is -0.341 e. The minimum absolute atomic E-state index is 0.0117. The average molecular weight is 262 g/mol. The third-order valence-corrected chi connectivity index (χ3v) is 2.92. The molecule has 1 aromatic heterocycles. The van der Waals surface area contributed by atoms with Gasteiger partial charge < -0.3 is 20.6 Å². The van der Waals surface area contributed by atoms with Crippen LogP contribution in [0.2, 0.25) is 0 Å². The van der Waals surface area contributed by atoms with E-state index >= 15 is 0 Å². The van der Waals surface area contributed by atoms with Gasteiger partial charge >= 0.3 is 5.69 Å². The topological polar surface area (TPSA) is 95.0 Å². The van der Waals surface area contributed by atoms with E-state index in [1.807, 2.05) is 25.1 Å². The third kappa shape index (κ3) is 3.23. The number of carbonyl (C=O) groups is 1. The molecule has 4 N–H and O–H groups in total. The number of carbonyl (C=O) groups excluding carboxylic acids is 1. The van der Waals surface area contributed by atoms with Crippen molar-refractivity contribution in [3.63, 3.8) is 0 Å². The second kappa shape index (κ2) is 5.27. The minimum atomic E-state index is -0.228. The van der Waals surface area contributed by atoms with Gasteiger partial charge in [0.05, 0.1) is 11.0 Å². The van der Waals surface area contributed by atoms with E-state index in [-0.39, 0.29) is 17.6 Å². The second-order valence-corrected chi connectivity index (χ2v) is 4.89. The Kier molecular flexibility index (Phi) is 3.71. The average Bonchev–Trinajstić information content (AvgIpc) is 2.67. The molecule has 0 aliphatic carbocycles. The first-order valence-electron chi connectivity index (χ1n) is 6.16. The number of aromatic amines is 2. The van der Waals surface area contributed by atoms with Crippen LogP contribution in [-0.2, 0) is 11.3 Å². The Morgan fingerprint density at radius 1 is 1.37 bits per heavy atom. The number of hydrogen-bond donors (Lipinski definition) is 3. The summed E-state index contributed by atoms with van der Waals surface area (Å²) in [6.45, 7) is 2.30. The molecule has 0 radical (unpaired) electrons. The largest absolute Gasteiger partial charge is 0.341 e. The summed E-state index contributed by atoms with van der Waals surface area (Å²) in [6, 6.07) is 5.44. The second-order valence-electron chi connectivity index (χ2n) is 4.89. The molecular formula is C13H18N4O2. The third-order valence-electron chi connectivity index (χ3n) is 2.92. The maximum absolute atomic E-state index is 11.8. The maximum atomic E-state index is 11.8. The number of rotatable bonds is 4. The van der Waals surface area contributed by atoms with E-state index in [1.54, 1.807) is 11.9 Å². The zero-order valence-corrected chi connectivity index (χ0v) is 11.1. The first kappa shape index (κ1) is 13.4. The van der Waals surface area contributed by atoms with Crippen LogP contribution in [0.3, 0.4) is 0 Å². The first-order chi connectivity index (χ1) is 8.95. The van der Waals surface area contributed by atoms with E-state index in [0.717, 1.165) is 16.6 Å². The van der Waals surface area contributed by atoms with Gasteiger partial charge in [-0.25, -0.2) is 4.79 Å². The molecule has 2 rings (SSSR count). The number of H-pyrrole nitrogens is 2.